The first-order valence-corrected chi connectivity index (χ1v) is 4.50. The third-order valence-corrected chi connectivity index (χ3v) is 2.06. The number of carbonyl (C=O) groups is 1. The van der Waals surface area contributed by atoms with E-state index in [1.54, 1.807) is 19.2 Å². The number of hydrogen-bond donors (Lipinski definition) is 0. The largest absolute Gasteiger partial charge is 0.496 e. The number of hydrogen-bond acceptors (Lipinski definition) is 4. The first-order valence-electron chi connectivity index (χ1n) is 4.50. The molecule has 4 nitrogen and oxygen atoms in total. The van der Waals surface area contributed by atoms with Crippen LogP contribution in [0.5, 0.6) is 5.75 Å². The highest BCUT2D eigenvalue weighted by molar-refractivity contribution is 5.89. The molecule has 0 spiro atoms. The summed E-state index contributed by atoms with van der Waals surface area (Å²) in [5.74, 6) is 0.273. The molecule has 1 aromatic rings. The third kappa shape index (κ3) is 2.47. The zero-order chi connectivity index (χ0) is 11.4. The molecule has 0 saturated heterocycles. The summed E-state index contributed by atoms with van der Waals surface area (Å²) in [6.07, 6.45) is 0. The van der Waals surface area contributed by atoms with E-state index in [-0.39, 0.29) is 0 Å². The topological polar surface area (TPSA) is 44.8 Å². The zero-order valence-electron chi connectivity index (χ0n) is 9.29. The SMILES string of the molecule is COOC(=O)c1cc(C)c(OC)c(C)c1. The first-order chi connectivity index (χ1) is 7.10. The molecular formula is C11H14O4. The van der Waals surface area contributed by atoms with Gasteiger partial charge in [-0.1, -0.05) is 0 Å². The highest BCUT2D eigenvalue weighted by Crippen LogP contribution is 2.24. The zero-order valence-corrected chi connectivity index (χ0v) is 9.29. The van der Waals surface area contributed by atoms with E-state index in [1.807, 2.05) is 13.8 Å². The van der Waals surface area contributed by atoms with Gasteiger partial charge in [0.25, 0.3) is 0 Å². The number of methoxy groups -OCH3 is 1. The van der Waals surface area contributed by atoms with Crippen molar-refractivity contribution in [3.05, 3.63) is 28.8 Å². The number of benzene rings is 1. The molecule has 1 aromatic carbocycles. The molecule has 0 heterocycles. The molecule has 0 unspecified atom stereocenters. The lowest BCUT2D eigenvalue weighted by Gasteiger charge is -2.09. The third-order valence-electron chi connectivity index (χ3n) is 2.06. The van der Waals surface area contributed by atoms with Crippen LogP contribution in [-0.4, -0.2) is 20.2 Å². The number of rotatable bonds is 3. The van der Waals surface area contributed by atoms with E-state index < -0.39 is 5.97 Å². The summed E-state index contributed by atoms with van der Waals surface area (Å²) in [5, 5.41) is 0. The van der Waals surface area contributed by atoms with Crippen molar-refractivity contribution in [3.8, 4) is 5.75 Å². The van der Waals surface area contributed by atoms with E-state index in [2.05, 4.69) is 9.78 Å². The Bertz CT molecular complexity index is 348. The lowest BCUT2D eigenvalue weighted by Crippen LogP contribution is -2.05. The molecule has 15 heavy (non-hydrogen) atoms. The summed E-state index contributed by atoms with van der Waals surface area (Å²) in [6, 6.07) is 3.40. The molecule has 0 aliphatic rings. The molecule has 0 N–H and O–H groups in total. The normalized spacial score (nSPS) is 9.87. The van der Waals surface area contributed by atoms with Gasteiger partial charge in [-0.05, 0) is 37.1 Å². The van der Waals surface area contributed by atoms with Crippen molar-refractivity contribution in [2.45, 2.75) is 13.8 Å². The van der Waals surface area contributed by atoms with Gasteiger partial charge in [0.15, 0.2) is 0 Å². The molecule has 4 heteroatoms. The number of aryl methyl sites for hydroxylation is 2. The van der Waals surface area contributed by atoms with Gasteiger partial charge in [-0.2, -0.15) is 4.89 Å². The van der Waals surface area contributed by atoms with Crippen LogP contribution in [0.1, 0.15) is 21.5 Å². The summed E-state index contributed by atoms with van der Waals surface area (Å²) in [6.45, 7) is 3.74. The molecule has 0 aliphatic heterocycles. The average molecular weight is 210 g/mol. The average Bonchev–Trinajstić information content (AvgIpc) is 2.17. The molecule has 1 rings (SSSR count). The minimum absolute atomic E-state index is 0.452. The van der Waals surface area contributed by atoms with Crippen LogP contribution < -0.4 is 4.74 Å². The summed E-state index contributed by atoms with van der Waals surface area (Å²) in [5.41, 5.74) is 2.23. The van der Waals surface area contributed by atoms with Gasteiger partial charge in [-0.25, -0.2) is 4.79 Å². The van der Waals surface area contributed by atoms with Gasteiger partial charge in [0.2, 0.25) is 0 Å². The fourth-order valence-electron chi connectivity index (χ4n) is 1.51. The number of ether oxygens (including phenoxy) is 1. The minimum atomic E-state index is -0.508. The molecule has 0 aromatic heterocycles. The first kappa shape index (κ1) is 11.5. The van der Waals surface area contributed by atoms with Crippen molar-refractivity contribution in [2.24, 2.45) is 0 Å². The fourth-order valence-corrected chi connectivity index (χ4v) is 1.51. The molecule has 0 atom stereocenters. The van der Waals surface area contributed by atoms with E-state index in [4.69, 9.17) is 4.74 Å². The van der Waals surface area contributed by atoms with Crippen LogP contribution in [0.15, 0.2) is 12.1 Å². The Labute approximate surface area is 88.7 Å². The maximum atomic E-state index is 11.4. The van der Waals surface area contributed by atoms with Crippen molar-refractivity contribution < 1.29 is 19.3 Å². The summed E-state index contributed by atoms with van der Waals surface area (Å²) < 4.78 is 5.19. The fraction of sp³-hybridized carbons (Fsp3) is 0.364. The maximum absolute atomic E-state index is 11.4. The van der Waals surface area contributed by atoms with Gasteiger partial charge in [0.05, 0.1) is 19.8 Å². The molecule has 0 aliphatic carbocycles. The molecule has 0 radical (unpaired) electrons. The Morgan fingerprint density at radius 1 is 1.13 bits per heavy atom. The van der Waals surface area contributed by atoms with Crippen LogP contribution in [0.3, 0.4) is 0 Å². The lowest BCUT2D eigenvalue weighted by atomic mass is 10.1. The predicted molar refractivity (Wildman–Crippen MR) is 54.9 cm³/mol. The van der Waals surface area contributed by atoms with Crippen LogP contribution >= 0.6 is 0 Å². The maximum Gasteiger partial charge on any atom is 0.373 e. The second-order valence-corrected chi connectivity index (χ2v) is 3.18. The van der Waals surface area contributed by atoms with E-state index in [0.717, 1.165) is 16.9 Å². The van der Waals surface area contributed by atoms with Gasteiger partial charge in [-0.3, -0.25) is 4.89 Å². The van der Waals surface area contributed by atoms with Crippen LogP contribution in [0.25, 0.3) is 0 Å². The Kier molecular flexibility index (Phi) is 3.68. The van der Waals surface area contributed by atoms with Crippen molar-refractivity contribution in [3.63, 3.8) is 0 Å². The van der Waals surface area contributed by atoms with E-state index in [9.17, 15) is 4.79 Å². The monoisotopic (exact) mass is 210 g/mol. The summed E-state index contributed by atoms with van der Waals surface area (Å²) in [4.78, 5) is 20.1. The van der Waals surface area contributed by atoms with Gasteiger partial charge in [0, 0.05) is 0 Å². The highest BCUT2D eigenvalue weighted by Gasteiger charge is 2.12. The van der Waals surface area contributed by atoms with Gasteiger partial charge < -0.3 is 4.74 Å². The van der Waals surface area contributed by atoms with Crippen LogP contribution in [-0.2, 0) is 9.78 Å². The van der Waals surface area contributed by atoms with Crippen molar-refractivity contribution in [1.82, 2.24) is 0 Å². The minimum Gasteiger partial charge on any atom is -0.496 e. The molecule has 0 fully saturated rings. The van der Waals surface area contributed by atoms with E-state index in [1.165, 1.54) is 7.11 Å². The quantitative estimate of drug-likeness (QED) is 0.565. The Morgan fingerprint density at radius 3 is 2.07 bits per heavy atom. The number of carbonyl (C=O) groups excluding carboxylic acids is 1. The standard InChI is InChI=1S/C11H14O4/c1-7-5-9(11(12)15-14-4)6-8(2)10(7)13-3/h5-6H,1-4H3. The summed E-state index contributed by atoms with van der Waals surface area (Å²) >= 11 is 0. The Balaban J connectivity index is 3.08. The molecular weight excluding hydrogens is 196 g/mol. The predicted octanol–water partition coefficient (Wildman–Crippen LogP) is 2.03. The van der Waals surface area contributed by atoms with Gasteiger partial charge in [-0.15, -0.1) is 0 Å². The van der Waals surface area contributed by atoms with Gasteiger partial charge in [0.1, 0.15) is 5.75 Å². The van der Waals surface area contributed by atoms with Crippen molar-refractivity contribution in [1.29, 1.82) is 0 Å². The van der Waals surface area contributed by atoms with Crippen LogP contribution in [0, 0.1) is 13.8 Å². The van der Waals surface area contributed by atoms with Crippen LogP contribution in [0.2, 0.25) is 0 Å². The molecule has 82 valence electrons. The molecule has 0 bridgehead atoms. The molecule has 0 saturated carbocycles. The Hall–Kier alpha value is -1.55. The Morgan fingerprint density at radius 2 is 1.67 bits per heavy atom. The summed E-state index contributed by atoms with van der Waals surface area (Å²) in [7, 11) is 2.89. The van der Waals surface area contributed by atoms with Crippen molar-refractivity contribution >= 4 is 5.97 Å². The van der Waals surface area contributed by atoms with E-state index >= 15 is 0 Å². The van der Waals surface area contributed by atoms with E-state index in [0.29, 0.717) is 5.56 Å². The second kappa shape index (κ2) is 4.79. The smallest absolute Gasteiger partial charge is 0.373 e. The highest BCUT2D eigenvalue weighted by atomic mass is 17.2. The van der Waals surface area contributed by atoms with Crippen LogP contribution in [0.4, 0.5) is 0 Å². The molecule has 0 amide bonds. The van der Waals surface area contributed by atoms with Crippen molar-refractivity contribution in [2.75, 3.05) is 14.2 Å². The second-order valence-electron chi connectivity index (χ2n) is 3.18. The van der Waals surface area contributed by atoms with Gasteiger partial charge >= 0.3 is 5.97 Å². The lowest BCUT2D eigenvalue weighted by molar-refractivity contribution is -0.216.